The van der Waals surface area contributed by atoms with E-state index in [-0.39, 0.29) is 29.9 Å². The van der Waals surface area contributed by atoms with Crippen LogP contribution in [0.1, 0.15) is 30.4 Å². The number of benzene rings is 1. The van der Waals surface area contributed by atoms with Gasteiger partial charge in [-0.1, -0.05) is 18.2 Å². The first kappa shape index (κ1) is 15.8. The summed E-state index contributed by atoms with van der Waals surface area (Å²) >= 11 is 0. The van der Waals surface area contributed by atoms with Gasteiger partial charge in [-0.15, -0.1) is 0 Å². The van der Waals surface area contributed by atoms with E-state index in [4.69, 9.17) is 5.73 Å². The van der Waals surface area contributed by atoms with Gasteiger partial charge in [0.1, 0.15) is 6.04 Å². The molecule has 1 aromatic carbocycles. The van der Waals surface area contributed by atoms with E-state index in [2.05, 4.69) is 22.0 Å². The molecule has 23 heavy (non-hydrogen) atoms. The van der Waals surface area contributed by atoms with E-state index in [0.717, 1.165) is 24.9 Å². The Morgan fingerprint density at radius 1 is 1.26 bits per heavy atom. The Bertz CT molecular complexity index is 611. The molecule has 2 aliphatic rings. The monoisotopic (exact) mass is 316 g/mol. The minimum Gasteiger partial charge on any atom is -0.373 e. The van der Waals surface area contributed by atoms with Crippen molar-refractivity contribution in [3.8, 4) is 0 Å². The zero-order chi connectivity index (χ0) is 16.4. The third-order valence-electron chi connectivity index (χ3n) is 4.64. The first-order chi connectivity index (χ1) is 11.1. The van der Waals surface area contributed by atoms with Crippen molar-refractivity contribution in [3.63, 3.8) is 0 Å². The first-order valence-electron chi connectivity index (χ1n) is 8.21. The molecule has 2 amide bonds. The summed E-state index contributed by atoms with van der Waals surface area (Å²) in [5.74, 6) is 0.0306. The number of hydrogen-bond acceptors (Lipinski definition) is 4. The van der Waals surface area contributed by atoms with E-state index in [1.807, 2.05) is 19.1 Å². The summed E-state index contributed by atoms with van der Waals surface area (Å²) in [7, 11) is 0. The lowest BCUT2D eigenvalue weighted by Crippen LogP contribution is -2.56. The van der Waals surface area contributed by atoms with Crippen molar-refractivity contribution in [1.82, 2.24) is 10.6 Å². The summed E-state index contributed by atoms with van der Waals surface area (Å²) < 4.78 is 0. The van der Waals surface area contributed by atoms with E-state index < -0.39 is 0 Å². The Labute approximate surface area is 136 Å². The van der Waals surface area contributed by atoms with Crippen molar-refractivity contribution in [2.75, 3.05) is 11.9 Å². The van der Waals surface area contributed by atoms with Gasteiger partial charge in [0.05, 0.1) is 0 Å². The molecule has 124 valence electrons. The maximum atomic E-state index is 12.4. The smallest absolute Gasteiger partial charge is 0.243 e. The Hall–Kier alpha value is -2.08. The summed E-state index contributed by atoms with van der Waals surface area (Å²) in [4.78, 5) is 23.8. The topological polar surface area (TPSA) is 96.2 Å². The second kappa shape index (κ2) is 6.58. The van der Waals surface area contributed by atoms with Crippen molar-refractivity contribution in [3.05, 3.63) is 29.3 Å². The molecule has 0 spiro atoms. The summed E-state index contributed by atoms with van der Waals surface area (Å²) in [5, 5.41) is 9.32. The van der Waals surface area contributed by atoms with Gasteiger partial charge in [-0.05, 0) is 30.9 Å². The van der Waals surface area contributed by atoms with Crippen LogP contribution in [-0.2, 0) is 16.0 Å². The average molecular weight is 316 g/mol. The van der Waals surface area contributed by atoms with Crippen molar-refractivity contribution < 1.29 is 9.59 Å². The number of hydrogen-bond donors (Lipinski definition) is 4. The van der Waals surface area contributed by atoms with Gasteiger partial charge in [0.15, 0.2) is 0 Å². The van der Waals surface area contributed by atoms with Crippen molar-refractivity contribution in [1.29, 1.82) is 0 Å². The van der Waals surface area contributed by atoms with Crippen LogP contribution in [0.25, 0.3) is 0 Å². The number of anilines is 1. The highest BCUT2D eigenvalue weighted by atomic mass is 16.2. The van der Waals surface area contributed by atoms with Crippen LogP contribution in [0.3, 0.4) is 0 Å². The van der Waals surface area contributed by atoms with Crippen LogP contribution in [0, 0.1) is 6.92 Å². The lowest BCUT2D eigenvalue weighted by atomic mass is 9.86. The van der Waals surface area contributed by atoms with E-state index in [1.54, 1.807) is 0 Å². The zero-order valence-electron chi connectivity index (χ0n) is 13.4. The molecule has 5 N–H and O–H groups in total. The van der Waals surface area contributed by atoms with Crippen molar-refractivity contribution in [2.45, 2.75) is 50.7 Å². The number of nitrogens with two attached hydrogens (primary N) is 1. The maximum absolute atomic E-state index is 12.4. The first-order valence-corrected chi connectivity index (χ1v) is 8.21. The fraction of sp³-hybridized carbons (Fsp3) is 0.529. The van der Waals surface area contributed by atoms with Crippen LogP contribution in [-0.4, -0.2) is 36.5 Å². The predicted octanol–water partition coefficient (Wildman–Crippen LogP) is 0.444. The van der Waals surface area contributed by atoms with Crippen molar-refractivity contribution >= 4 is 17.5 Å². The average Bonchev–Trinajstić information content (AvgIpc) is 2.91. The highest BCUT2D eigenvalue weighted by molar-refractivity contribution is 5.88. The molecule has 1 unspecified atom stereocenters. The van der Waals surface area contributed by atoms with Gasteiger partial charge in [-0.2, -0.15) is 0 Å². The van der Waals surface area contributed by atoms with Crippen LogP contribution in [0.5, 0.6) is 0 Å². The van der Waals surface area contributed by atoms with Gasteiger partial charge in [0.25, 0.3) is 0 Å². The lowest BCUT2D eigenvalue weighted by molar-refractivity contribution is -0.123. The second-order valence-corrected chi connectivity index (χ2v) is 6.49. The van der Waals surface area contributed by atoms with Gasteiger partial charge in [0, 0.05) is 37.2 Å². The molecule has 0 aromatic heterocycles. The number of amides is 2. The molecule has 1 aliphatic heterocycles. The molecule has 1 aromatic rings. The normalized spacial score (nSPS) is 25.0. The van der Waals surface area contributed by atoms with Gasteiger partial charge >= 0.3 is 0 Å². The second-order valence-electron chi connectivity index (χ2n) is 6.49. The number of carbonyl (C=O) groups is 2. The van der Waals surface area contributed by atoms with E-state index in [9.17, 15) is 9.59 Å². The van der Waals surface area contributed by atoms with E-state index in [0.29, 0.717) is 13.0 Å². The Balaban J connectivity index is 1.44. The highest BCUT2D eigenvalue weighted by Crippen LogP contribution is 2.29. The number of nitrogens with one attached hydrogen (secondary N) is 3. The molecule has 1 fully saturated rings. The molecule has 6 heteroatoms. The highest BCUT2D eigenvalue weighted by Gasteiger charge is 2.34. The summed E-state index contributed by atoms with van der Waals surface area (Å²) in [6.07, 6.45) is 2.67. The van der Waals surface area contributed by atoms with Gasteiger partial charge in [-0.3, -0.25) is 9.59 Å². The summed E-state index contributed by atoms with van der Waals surface area (Å²) in [6, 6.07) is 6.25. The minimum absolute atomic E-state index is 0.00865. The van der Waals surface area contributed by atoms with Crippen molar-refractivity contribution in [2.24, 2.45) is 5.73 Å². The molecule has 1 saturated carbocycles. The third-order valence-corrected chi connectivity index (χ3v) is 4.64. The van der Waals surface area contributed by atoms with Crippen LogP contribution in [0.4, 0.5) is 5.69 Å². The molecule has 0 radical (unpaired) electrons. The number of rotatable bonds is 5. The fourth-order valence-corrected chi connectivity index (χ4v) is 3.29. The van der Waals surface area contributed by atoms with Gasteiger partial charge in [0.2, 0.25) is 11.8 Å². The minimum atomic E-state index is -0.197. The summed E-state index contributed by atoms with van der Waals surface area (Å²) in [5.41, 5.74) is 8.81. The van der Waals surface area contributed by atoms with Crippen LogP contribution in [0.2, 0.25) is 0 Å². The molecule has 1 heterocycles. The zero-order valence-corrected chi connectivity index (χ0v) is 13.4. The van der Waals surface area contributed by atoms with E-state index >= 15 is 0 Å². The fourth-order valence-electron chi connectivity index (χ4n) is 3.29. The van der Waals surface area contributed by atoms with Gasteiger partial charge < -0.3 is 21.7 Å². The molecule has 6 nitrogen and oxygen atoms in total. The molecule has 1 aliphatic carbocycles. The Kier molecular flexibility index (Phi) is 4.52. The largest absolute Gasteiger partial charge is 0.373 e. The van der Waals surface area contributed by atoms with Crippen LogP contribution < -0.4 is 21.7 Å². The van der Waals surface area contributed by atoms with Crippen LogP contribution >= 0.6 is 0 Å². The Morgan fingerprint density at radius 3 is 2.70 bits per heavy atom. The number of aryl methyl sites for hydroxylation is 1. The maximum Gasteiger partial charge on any atom is 0.243 e. The number of carbonyl (C=O) groups excluding carboxylic acids is 2. The number of para-hydroxylation sites is 1. The molecule has 1 atom stereocenters. The van der Waals surface area contributed by atoms with Gasteiger partial charge in [-0.25, -0.2) is 0 Å². The van der Waals surface area contributed by atoms with Crippen LogP contribution in [0.15, 0.2) is 18.2 Å². The van der Waals surface area contributed by atoms with E-state index in [1.165, 1.54) is 11.1 Å². The molecular weight excluding hydrogens is 292 g/mol. The molecular formula is C17H24N4O2. The molecule has 0 bridgehead atoms. The Morgan fingerprint density at radius 2 is 2.00 bits per heavy atom. The lowest BCUT2D eigenvalue weighted by Gasteiger charge is -2.36. The molecule has 3 rings (SSSR count). The predicted molar refractivity (Wildman–Crippen MR) is 89.1 cm³/mol. The SMILES string of the molecule is Cc1cccc2c1NC(C(=O)NC1CC(NC(=O)CCN)C1)C2. The molecule has 0 saturated heterocycles. The standard InChI is InChI=1S/C17H24N4O2/c1-10-3-2-4-11-7-14(21-16(10)11)17(23)20-13-8-12(9-13)19-15(22)5-6-18/h2-4,12-14,21H,5-9,18H2,1H3,(H,19,22)(H,20,23). The number of fused-ring (bicyclic) bond motifs is 1. The third kappa shape index (κ3) is 3.47. The summed E-state index contributed by atoms with van der Waals surface area (Å²) in [6.45, 7) is 2.42. The quantitative estimate of drug-likeness (QED) is 0.634.